The number of nitrogens with zero attached hydrogens (tertiary/aromatic N) is 1. The summed E-state index contributed by atoms with van der Waals surface area (Å²) in [6.45, 7) is 0. The molecule has 1 aliphatic heterocycles. The lowest BCUT2D eigenvalue weighted by Crippen LogP contribution is -2.29. The number of halogens is 1. The van der Waals surface area contributed by atoms with Crippen molar-refractivity contribution in [1.29, 1.82) is 0 Å². The number of anilines is 1. The molecule has 1 aromatic rings. The quantitative estimate of drug-likeness (QED) is 0.649. The highest BCUT2D eigenvalue weighted by molar-refractivity contribution is 7.90. The van der Waals surface area contributed by atoms with Crippen molar-refractivity contribution in [2.75, 3.05) is 5.32 Å². The summed E-state index contributed by atoms with van der Waals surface area (Å²) in [4.78, 5) is -0.202. The van der Waals surface area contributed by atoms with Crippen LogP contribution in [-0.2, 0) is 10.0 Å². The predicted molar refractivity (Wildman–Crippen MR) is 48.8 cm³/mol. The summed E-state index contributed by atoms with van der Waals surface area (Å²) < 4.78 is 39.1. The van der Waals surface area contributed by atoms with Gasteiger partial charge in [0.15, 0.2) is 0 Å². The predicted octanol–water partition coefficient (Wildman–Crippen LogP) is 0.255. The Morgan fingerprint density at radius 1 is 1.43 bits per heavy atom. The molecule has 74 valence electrons. The third kappa shape index (κ3) is 1.22. The normalized spacial score (nSPS) is 17.9. The zero-order chi connectivity index (χ0) is 10.3. The molecule has 0 spiro atoms. The van der Waals surface area contributed by atoms with Crippen LogP contribution in [0.15, 0.2) is 27.5 Å². The molecule has 1 aromatic carbocycles. The maximum Gasteiger partial charge on any atom is 0.287 e. The maximum absolute atomic E-state index is 13.2. The van der Waals surface area contributed by atoms with Gasteiger partial charge < -0.3 is 11.1 Å². The average Bonchev–Trinajstić information content (AvgIpc) is 2.05. The Morgan fingerprint density at radius 3 is 2.86 bits per heavy atom. The number of nitrogens with two attached hydrogens (primary N) is 1. The minimum Gasteiger partial charge on any atom is -0.369 e. The number of rotatable bonds is 0. The molecule has 0 atom stereocenters. The molecule has 7 heteroatoms. The zero-order valence-electron chi connectivity index (χ0n) is 6.86. The van der Waals surface area contributed by atoms with E-state index in [1.54, 1.807) is 0 Å². The Kier molecular flexibility index (Phi) is 1.71. The van der Waals surface area contributed by atoms with Gasteiger partial charge in [0.2, 0.25) is 5.96 Å². The van der Waals surface area contributed by atoms with Gasteiger partial charge >= 0.3 is 0 Å². The summed E-state index contributed by atoms with van der Waals surface area (Å²) >= 11 is 0. The molecule has 3 N–H and O–H groups in total. The van der Waals surface area contributed by atoms with Crippen LogP contribution in [0, 0.1) is 5.82 Å². The van der Waals surface area contributed by atoms with Crippen molar-refractivity contribution in [2.45, 2.75) is 4.90 Å². The second-order valence-electron chi connectivity index (χ2n) is 2.69. The molecule has 2 rings (SSSR count). The first-order valence-electron chi connectivity index (χ1n) is 3.67. The summed E-state index contributed by atoms with van der Waals surface area (Å²) in [5.41, 5.74) is 5.03. The lowest BCUT2D eigenvalue weighted by Gasteiger charge is -2.15. The van der Waals surface area contributed by atoms with E-state index in [-0.39, 0.29) is 16.5 Å². The topological polar surface area (TPSA) is 84.5 Å². The molecule has 0 bridgehead atoms. The van der Waals surface area contributed by atoms with Crippen LogP contribution in [0.3, 0.4) is 0 Å². The van der Waals surface area contributed by atoms with Crippen LogP contribution in [-0.4, -0.2) is 14.4 Å². The zero-order valence-corrected chi connectivity index (χ0v) is 7.68. The fourth-order valence-electron chi connectivity index (χ4n) is 1.17. The number of nitrogens with one attached hydrogen (secondary N) is 1. The van der Waals surface area contributed by atoms with Crippen molar-refractivity contribution in [1.82, 2.24) is 0 Å². The monoisotopic (exact) mass is 215 g/mol. The van der Waals surface area contributed by atoms with Crippen LogP contribution >= 0.6 is 0 Å². The number of para-hydroxylation sites is 1. The van der Waals surface area contributed by atoms with Crippen LogP contribution in [0.1, 0.15) is 0 Å². The molecule has 5 nitrogen and oxygen atoms in total. The largest absolute Gasteiger partial charge is 0.369 e. The SMILES string of the molecule is NC1=NS(=O)(=O)c2cccc(F)c2N1. The van der Waals surface area contributed by atoms with Crippen molar-refractivity contribution >= 4 is 21.7 Å². The van der Waals surface area contributed by atoms with Gasteiger partial charge in [-0.2, -0.15) is 8.42 Å². The van der Waals surface area contributed by atoms with Crippen LogP contribution in [0.2, 0.25) is 0 Å². The fourth-order valence-corrected chi connectivity index (χ4v) is 2.23. The van der Waals surface area contributed by atoms with E-state index >= 15 is 0 Å². The van der Waals surface area contributed by atoms with E-state index < -0.39 is 15.8 Å². The molecule has 0 amide bonds. The van der Waals surface area contributed by atoms with Crippen molar-refractivity contribution in [3.8, 4) is 0 Å². The molecular weight excluding hydrogens is 209 g/mol. The van der Waals surface area contributed by atoms with Crippen molar-refractivity contribution < 1.29 is 12.8 Å². The van der Waals surface area contributed by atoms with Gasteiger partial charge in [0.1, 0.15) is 10.7 Å². The molecule has 1 heterocycles. The van der Waals surface area contributed by atoms with Crippen molar-refractivity contribution in [3.63, 3.8) is 0 Å². The van der Waals surface area contributed by atoms with E-state index in [1.807, 2.05) is 0 Å². The Morgan fingerprint density at radius 2 is 2.14 bits per heavy atom. The first kappa shape index (κ1) is 8.95. The van der Waals surface area contributed by atoms with Crippen LogP contribution in [0.5, 0.6) is 0 Å². The van der Waals surface area contributed by atoms with Crippen molar-refractivity contribution in [2.24, 2.45) is 10.1 Å². The Labute approximate surface area is 79.5 Å². The Balaban J connectivity index is 2.78. The summed E-state index contributed by atoms with van der Waals surface area (Å²) in [7, 11) is -3.85. The van der Waals surface area contributed by atoms with Crippen LogP contribution < -0.4 is 11.1 Å². The molecule has 0 saturated carbocycles. The smallest absolute Gasteiger partial charge is 0.287 e. The van der Waals surface area contributed by atoms with Gasteiger partial charge in [-0.15, -0.1) is 4.40 Å². The Bertz CT molecular complexity index is 524. The number of benzene rings is 1. The van der Waals surface area contributed by atoms with Gasteiger partial charge in [-0.1, -0.05) is 6.07 Å². The molecule has 0 radical (unpaired) electrons. The fraction of sp³-hybridized carbons (Fsp3) is 0. The van der Waals surface area contributed by atoms with Crippen LogP contribution in [0.25, 0.3) is 0 Å². The standard InChI is InChI=1S/C7H6FN3O2S/c8-4-2-1-3-5-6(4)10-7(9)11-14(5,12)13/h1-3H,(H3,9,10,11). The van der Waals surface area contributed by atoms with Gasteiger partial charge in [0.25, 0.3) is 10.0 Å². The van der Waals surface area contributed by atoms with Gasteiger partial charge in [-0.05, 0) is 12.1 Å². The Hall–Kier alpha value is -1.63. The average molecular weight is 215 g/mol. The van der Waals surface area contributed by atoms with E-state index in [0.29, 0.717) is 0 Å². The first-order valence-corrected chi connectivity index (χ1v) is 5.11. The molecule has 0 aliphatic carbocycles. The lowest BCUT2D eigenvalue weighted by atomic mass is 10.3. The summed E-state index contributed by atoms with van der Waals surface area (Å²) in [6.07, 6.45) is 0. The number of hydrogen-bond donors (Lipinski definition) is 2. The highest BCUT2D eigenvalue weighted by Gasteiger charge is 2.25. The molecular formula is C7H6FN3O2S. The summed E-state index contributed by atoms with van der Waals surface area (Å²) in [6, 6.07) is 3.70. The first-order chi connectivity index (χ1) is 6.50. The number of fused-ring (bicyclic) bond motifs is 1. The van der Waals surface area contributed by atoms with Crippen molar-refractivity contribution in [3.05, 3.63) is 24.0 Å². The third-order valence-corrected chi connectivity index (χ3v) is 3.06. The second kappa shape index (κ2) is 2.68. The number of hydrogen-bond acceptors (Lipinski definition) is 4. The molecule has 0 aromatic heterocycles. The van der Waals surface area contributed by atoms with E-state index in [4.69, 9.17) is 5.73 Å². The second-order valence-corrected chi connectivity index (χ2v) is 4.26. The summed E-state index contributed by atoms with van der Waals surface area (Å²) in [5.74, 6) is -1.01. The van der Waals surface area contributed by atoms with Crippen LogP contribution in [0.4, 0.5) is 10.1 Å². The molecule has 14 heavy (non-hydrogen) atoms. The summed E-state index contributed by atoms with van der Waals surface area (Å²) in [5, 5.41) is 2.36. The molecule has 0 unspecified atom stereocenters. The molecule has 0 fully saturated rings. The minimum absolute atomic E-state index is 0.153. The maximum atomic E-state index is 13.2. The van der Waals surface area contributed by atoms with E-state index in [2.05, 4.69) is 9.71 Å². The molecule has 1 aliphatic rings. The van der Waals surface area contributed by atoms with E-state index in [1.165, 1.54) is 12.1 Å². The number of sulfonamides is 1. The van der Waals surface area contributed by atoms with Gasteiger partial charge in [0.05, 0.1) is 5.69 Å². The lowest BCUT2D eigenvalue weighted by molar-refractivity contribution is 0.593. The highest BCUT2D eigenvalue weighted by Crippen LogP contribution is 2.28. The third-order valence-electron chi connectivity index (χ3n) is 1.72. The van der Waals surface area contributed by atoms with Gasteiger partial charge in [-0.3, -0.25) is 0 Å². The van der Waals surface area contributed by atoms with Gasteiger partial charge in [0, 0.05) is 0 Å². The minimum atomic E-state index is -3.85. The van der Waals surface area contributed by atoms with E-state index in [9.17, 15) is 12.8 Å². The number of guanidine groups is 1. The molecule has 0 saturated heterocycles. The van der Waals surface area contributed by atoms with E-state index in [0.717, 1.165) is 6.07 Å². The van der Waals surface area contributed by atoms with Gasteiger partial charge in [-0.25, -0.2) is 4.39 Å². The highest BCUT2D eigenvalue weighted by atomic mass is 32.2.